The molecule has 0 fully saturated rings. The van der Waals surface area contributed by atoms with Crippen LogP contribution in [0.3, 0.4) is 0 Å². The van der Waals surface area contributed by atoms with Crippen LogP contribution in [0.4, 0.5) is 0 Å². The summed E-state index contributed by atoms with van der Waals surface area (Å²) in [7, 11) is 0. The van der Waals surface area contributed by atoms with Crippen LogP contribution in [-0.2, 0) is 6.54 Å². The maximum Gasteiger partial charge on any atom is 0.212 e. The van der Waals surface area contributed by atoms with Crippen molar-refractivity contribution < 1.29 is 5.11 Å². The maximum absolute atomic E-state index is 10.1. The number of aliphatic hydroxyl groups is 1. The van der Waals surface area contributed by atoms with Crippen LogP contribution in [0.2, 0.25) is 0 Å². The Morgan fingerprint density at radius 2 is 2.21 bits per heavy atom. The van der Waals surface area contributed by atoms with E-state index in [-0.39, 0.29) is 0 Å². The summed E-state index contributed by atoms with van der Waals surface area (Å²) in [6.07, 6.45) is 4.64. The van der Waals surface area contributed by atoms with Gasteiger partial charge in [-0.15, -0.1) is 0 Å². The summed E-state index contributed by atoms with van der Waals surface area (Å²) in [6, 6.07) is 1.99. The zero-order valence-corrected chi connectivity index (χ0v) is 8.56. The summed E-state index contributed by atoms with van der Waals surface area (Å²) < 4.78 is 1.69. The summed E-state index contributed by atoms with van der Waals surface area (Å²) in [5, 5.41) is 18.8. The Labute approximate surface area is 83.8 Å². The third kappa shape index (κ3) is 2.12. The Bertz CT molecular complexity index is 333. The van der Waals surface area contributed by atoms with Gasteiger partial charge in [0.05, 0.1) is 12.1 Å². The zero-order chi connectivity index (χ0) is 10.6. The molecule has 0 spiro atoms. The van der Waals surface area contributed by atoms with Crippen molar-refractivity contribution in [1.29, 1.82) is 5.26 Å². The molecule has 0 bridgehead atoms. The molecule has 0 saturated heterocycles. The van der Waals surface area contributed by atoms with E-state index >= 15 is 0 Å². The van der Waals surface area contributed by atoms with Gasteiger partial charge in [-0.05, 0) is 12.8 Å². The lowest BCUT2D eigenvalue weighted by Gasteiger charge is -2.25. The molecule has 1 rings (SSSR count). The molecule has 0 radical (unpaired) electrons. The second-order valence-electron chi connectivity index (χ2n) is 3.42. The third-order valence-corrected chi connectivity index (χ3v) is 2.60. The first-order chi connectivity index (χ1) is 6.65. The fourth-order valence-corrected chi connectivity index (χ4v) is 1.34. The molecule has 76 valence electrons. The highest BCUT2D eigenvalue weighted by molar-refractivity contribution is 5.11. The van der Waals surface area contributed by atoms with E-state index in [1.165, 1.54) is 0 Å². The number of hydrogen-bond acceptors (Lipinski definition) is 3. The highest BCUT2D eigenvalue weighted by Gasteiger charge is 2.23. The molecule has 0 aromatic carbocycles. The quantitative estimate of drug-likeness (QED) is 0.784. The number of nitriles is 1. The Hall–Kier alpha value is -1.34. The van der Waals surface area contributed by atoms with Crippen LogP contribution in [-0.4, -0.2) is 20.3 Å². The van der Waals surface area contributed by atoms with Crippen LogP contribution in [0.15, 0.2) is 12.4 Å². The standard InChI is InChI=1S/C10H15N3O/c1-3-10(14,4-2)8-13-6-5-12-9(13)7-11/h5-6,14H,3-4,8H2,1-2H3. The fourth-order valence-electron chi connectivity index (χ4n) is 1.34. The van der Waals surface area contributed by atoms with Crippen LogP contribution in [0.1, 0.15) is 32.5 Å². The van der Waals surface area contributed by atoms with E-state index in [4.69, 9.17) is 5.26 Å². The topological polar surface area (TPSA) is 61.8 Å². The summed E-state index contributed by atoms with van der Waals surface area (Å²) >= 11 is 0. The SMILES string of the molecule is CCC(O)(CC)Cn1ccnc1C#N. The predicted molar refractivity (Wildman–Crippen MR) is 52.5 cm³/mol. The van der Waals surface area contributed by atoms with E-state index in [1.807, 2.05) is 19.9 Å². The summed E-state index contributed by atoms with van der Waals surface area (Å²) in [5.74, 6) is 0.352. The molecular weight excluding hydrogens is 178 g/mol. The van der Waals surface area contributed by atoms with Gasteiger partial charge in [0.15, 0.2) is 0 Å². The summed E-state index contributed by atoms with van der Waals surface area (Å²) in [5.41, 5.74) is -0.730. The van der Waals surface area contributed by atoms with Crippen molar-refractivity contribution in [2.75, 3.05) is 0 Å². The van der Waals surface area contributed by atoms with Crippen molar-refractivity contribution in [2.45, 2.75) is 38.8 Å². The molecule has 1 aromatic heterocycles. The molecule has 0 aliphatic rings. The number of aromatic nitrogens is 2. The second kappa shape index (κ2) is 4.25. The van der Waals surface area contributed by atoms with Gasteiger partial charge in [-0.1, -0.05) is 13.8 Å². The van der Waals surface area contributed by atoms with Crippen molar-refractivity contribution >= 4 is 0 Å². The maximum atomic E-state index is 10.1. The lowest BCUT2D eigenvalue weighted by atomic mass is 9.97. The van der Waals surface area contributed by atoms with Crippen LogP contribution < -0.4 is 0 Å². The Morgan fingerprint density at radius 1 is 1.57 bits per heavy atom. The third-order valence-electron chi connectivity index (χ3n) is 2.60. The Balaban J connectivity index is 2.83. The minimum Gasteiger partial charge on any atom is -0.388 e. The van der Waals surface area contributed by atoms with Crippen molar-refractivity contribution in [3.05, 3.63) is 18.2 Å². The van der Waals surface area contributed by atoms with Gasteiger partial charge in [-0.25, -0.2) is 4.98 Å². The van der Waals surface area contributed by atoms with Gasteiger partial charge in [0, 0.05) is 12.4 Å². The lowest BCUT2D eigenvalue weighted by molar-refractivity contribution is 0.0148. The highest BCUT2D eigenvalue weighted by Crippen LogP contribution is 2.17. The first-order valence-electron chi connectivity index (χ1n) is 4.79. The molecule has 4 heteroatoms. The summed E-state index contributed by atoms with van der Waals surface area (Å²) in [4.78, 5) is 3.88. The largest absolute Gasteiger partial charge is 0.388 e. The van der Waals surface area contributed by atoms with E-state index in [0.29, 0.717) is 25.2 Å². The first-order valence-corrected chi connectivity index (χ1v) is 4.79. The van der Waals surface area contributed by atoms with Gasteiger partial charge in [0.2, 0.25) is 5.82 Å². The van der Waals surface area contributed by atoms with Gasteiger partial charge in [-0.3, -0.25) is 0 Å². The van der Waals surface area contributed by atoms with Crippen LogP contribution in [0.25, 0.3) is 0 Å². The smallest absolute Gasteiger partial charge is 0.212 e. The molecule has 0 atom stereocenters. The average Bonchev–Trinajstić information content (AvgIpc) is 2.65. The predicted octanol–water partition coefficient (Wildman–Crippen LogP) is 1.31. The Kier molecular flexibility index (Phi) is 3.26. The monoisotopic (exact) mass is 193 g/mol. The molecule has 0 aliphatic heterocycles. The van der Waals surface area contributed by atoms with Gasteiger partial charge >= 0.3 is 0 Å². The van der Waals surface area contributed by atoms with Gasteiger partial charge in [0.1, 0.15) is 6.07 Å². The normalized spacial score (nSPS) is 11.3. The van der Waals surface area contributed by atoms with Crippen LogP contribution in [0.5, 0.6) is 0 Å². The molecule has 14 heavy (non-hydrogen) atoms. The van der Waals surface area contributed by atoms with Crippen molar-refractivity contribution in [2.24, 2.45) is 0 Å². The fraction of sp³-hybridized carbons (Fsp3) is 0.600. The molecule has 1 heterocycles. The molecule has 1 aromatic rings. The number of hydrogen-bond donors (Lipinski definition) is 1. The molecule has 4 nitrogen and oxygen atoms in total. The minimum atomic E-state index is -0.730. The van der Waals surface area contributed by atoms with E-state index in [9.17, 15) is 5.11 Å². The van der Waals surface area contributed by atoms with Gasteiger partial charge in [0.25, 0.3) is 0 Å². The molecular formula is C10H15N3O. The molecule has 0 unspecified atom stereocenters. The number of rotatable bonds is 4. The molecule has 1 N–H and O–H groups in total. The van der Waals surface area contributed by atoms with Crippen molar-refractivity contribution in [3.8, 4) is 6.07 Å². The van der Waals surface area contributed by atoms with Crippen LogP contribution >= 0.6 is 0 Å². The van der Waals surface area contributed by atoms with Crippen molar-refractivity contribution in [1.82, 2.24) is 9.55 Å². The minimum absolute atomic E-state index is 0.352. The second-order valence-corrected chi connectivity index (χ2v) is 3.42. The first kappa shape index (κ1) is 10.7. The average molecular weight is 193 g/mol. The number of nitrogens with zero attached hydrogens (tertiary/aromatic N) is 3. The molecule has 0 amide bonds. The van der Waals surface area contributed by atoms with E-state index in [2.05, 4.69) is 4.98 Å². The number of imidazole rings is 1. The Morgan fingerprint density at radius 3 is 2.71 bits per heavy atom. The van der Waals surface area contributed by atoms with Gasteiger partial charge in [-0.2, -0.15) is 5.26 Å². The van der Waals surface area contributed by atoms with E-state index in [1.54, 1.807) is 17.0 Å². The zero-order valence-electron chi connectivity index (χ0n) is 8.56. The molecule has 0 aliphatic carbocycles. The lowest BCUT2D eigenvalue weighted by Crippen LogP contribution is -2.32. The van der Waals surface area contributed by atoms with Gasteiger partial charge < -0.3 is 9.67 Å². The highest BCUT2D eigenvalue weighted by atomic mass is 16.3. The van der Waals surface area contributed by atoms with E-state index in [0.717, 1.165) is 0 Å². The van der Waals surface area contributed by atoms with Crippen molar-refractivity contribution in [3.63, 3.8) is 0 Å². The van der Waals surface area contributed by atoms with E-state index < -0.39 is 5.60 Å². The molecule has 0 saturated carbocycles. The summed E-state index contributed by atoms with van der Waals surface area (Å²) in [6.45, 7) is 4.31. The van der Waals surface area contributed by atoms with Crippen LogP contribution in [0, 0.1) is 11.3 Å².